The lowest BCUT2D eigenvalue weighted by atomic mass is 10.2. The highest BCUT2D eigenvalue weighted by atomic mass is 79.9. The maximum Gasteiger partial charge on any atom is 0.266 e. The van der Waals surface area contributed by atoms with Crippen molar-refractivity contribution in [3.8, 4) is 5.69 Å². The van der Waals surface area contributed by atoms with E-state index in [1.165, 1.54) is 11.8 Å². The van der Waals surface area contributed by atoms with Crippen LogP contribution in [0.3, 0.4) is 0 Å². The van der Waals surface area contributed by atoms with Gasteiger partial charge < -0.3 is 5.32 Å². The zero-order chi connectivity index (χ0) is 18.1. The molecule has 1 aliphatic rings. The lowest BCUT2D eigenvalue weighted by Gasteiger charge is -2.15. The summed E-state index contributed by atoms with van der Waals surface area (Å²) in [5.41, 5.74) is 2.21. The molecule has 5 nitrogen and oxygen atoms in total. The number of hydrogen-bond donors (Lipinski definition) is 1. The second-order valence-corrected chi connectivity index (χ2v) is 7.33. The minimum absolute atomic E-state index is 0. The fourth-order valence-corrected chi connectivity index (χ4v) is 4.04. The monoisotopic (exact) mass is 464 g/mol. The molecule has 0 aliphatic carbocycles. The molecule has 0 atom stereocenters. The van der Waals surface area contributed by atoms with Crippen molar-refractivity contribution in [2.24, 2.45) is 4.99 Å². The molecule has 0 bridgehead atoms. The average molecular weight is 466 g/mol. The fraction of sp³-hybridized carbons (Fsp3) is 0.211. The molecule has 8 heteroatoms. The summed E-state index contributed by atoms with van der Waals surface area (Å²) in [4.78, 5) is 22.4. The Morgan fingerprint density at radius 2 is 2.04 bits per heavy atom. The van der Waals surface area contributed by atoms with E-state index in [2.05, 4.69) is 10.3 Å². The Bertz CT molecular complexity index is 1080. The Hall–Kier alpha value is -1.83. The molecule has 1 aromatic heterocycles. The van der Waals surface area contributed by atoms with Gasteiger partial charge in [0.25, 0.3) is 5.56 Å². The van der Waals surface area contributed by atoms with Crippen LogP contribution in [0.1, 0.15) is 5.56 Å². The van der Waals surface area contributed by atoms with Crippen molar-refractivity contribution >= 4 is 57.1 Å². The Morgan fingerprint density at radius 1 is 1.22 bits per heavy atom. The number of aliphatic imine (C=N–C) groups is 1. The molecule has 0 spiro atoms. The number of benzene rings is 2. The van der Waals surface area contributed by atoms with Gasteiger partial charge in [-0.2, -0.15) is 0 Å². The van der Waals surface area contributed by atoms with Crippen LogP contribution in [-0.4, -0.2) is 34.2 Å². The smallest absolute Gasteiger partial charge is 0.266 e. The van der Waals surface area contributed by atoms with Crippen molar-refractivity contribution in [2.75, 3.05) is 18.8 Å². The lowest BCUT2D eigenvalue weighted by Crippen LogP contribution is -2.24. The van der Waals surface area contributed by atoms with Gasteiger partial charge in [0, 0.05) is 11.6 Å². The van der Waals surface area contributed by atoms with E-state index in [-0.39, 0.29) is 22.5 Å². The maximum absolute atomic E-state index is 13.2. The topological polar surface area (TPSA) is 59.3 Å². The Kier molecular flexibility index (Phi) is 6.24. The molecular formula is C19H18BrClN4OS. The molecule has 0 unspecified atom stereocenters. The molecule has 0 saturated carbocycles. The maximum atomic E-state index is 13.2. The average Bonchev–Trinajstić information content (AvgIpc) is 3.17. The van der Waals surface area contributed by atoms with Gasteiger partial charge in [-0.05, 0) is 36.8 Å². The first-order chi connectivity index (χ1) is 12.6. The van der Waals surface area contributed by atoms with Crippen molar-refractivity contribution in [1.82, 2.24) is 14.9 Å². The first kappa shape index (κ1) is 19.9. The molecule has 0 fully saturated rings. The van der Waals surface area contributed by atoms with Crippen LogP contribution in [0.25, 0.3) is 16.6 Å². The van der Waals surface area contributed by atoms with Crippen LogP contribution >= 0.6 is 40.3 Å². The minimum Gasteiger partial charge on any atom is -0.371 e. The van der Waals surface area contributed by atoms with Crippen LogP contribution in [0.15, 0.2) is 57.4 Å². The second kappa shape index (κ2) is 8.46. The Labute approximate surface area is 176 Å². The molecule has 2 aromatic carbocycles. The number of halogens is 2. The number of para-hydroxylation sites is 1. The molecule has 140 valence electrons. The summed E-state index contributed by atoms with van der Waals surface area (Å²) in [5, 5.41) is 5.10. The molecule has 0 amide bonds. The third kappa shape index (κ3) is 3.90. The van der Waals surface area contributed by atoms with Crippen LogP contribution in [0.5, 0.6) is 0 Å². The third-order valence-corrected chi connectivity index (χ3v) is 5.67. The highest BCUT2D eigenvalue weighted by Crippen LogP contribution is 2.26. The van der Waals surface area contributed by atoms with Crippen LogP contribution < -0.4 is 10.9 Å². The summed E-state index contributed by atoms with van der Waals surface area (Å²) < 4.78 is 1.66. The van der Waals surface area contributed by atoms with Crippen molar-refractivity contribution in [3.05, 3.63) is 63.4 Å². The summed E-state index contributed by atoms with van der Waals surface area (Å²) >= 11 is 7.79. The largest absolute Gasteiger partial charge is 0.371 e. The first-order valence-corrected chi connectivity index (χ1v) is 9.69. The number of thioether (sulfide) groups is 1. The van der Waals surface area contributed by atoms with E-state index in [1.54, 1.807) is 10.6 Å². The van der Waals surface area contributed by atoms with Gasteiger partial charge in [0.2, 0.25) is 0 Å². The van der Waals surface area contributed by atoms with Crippen LogP contribution in [0.4, 0.5) is 0 Å². The number of rotatable bonds is 4. The number of hydrogen-bond acceptors (Lipinski definition) is 5. The van der Waals surface area contributed by atoms with E-state index in [0.717, 1.165) is 30.2 Å². The molecule has 27 heavy (non-hydrogen) atoms. The highest BCUT2D eigenvalue weighted by Gasteiger charge is 2.17. The quantitative estimate of drug-likeness (QED) is 0.467. The number of amidine groups is 1. The number of aromatic nitrogens is 2. The molecule has 0 radical (unpaired) electrons. The van der Waals surface area contributed by atoms with Crippen LogP contribution in [0, 0.1) is 6.92 Å². The lowest BCUT2D eigenvalue weighted by molar-refractivity contribution is 0.815. The van der Waals surface area contributed by atoms with Crippen LogP contribution in [0.2, 0.25) is 5.02 Å². The minimum atomic E-state index is -0.0928. The van der Waals surface area contributed by atoms with E-state index in [1.807, 2.05) is 43.3 Å². The predicted octanol–water partition coefficient (Wildman–Crippen LogP) is 4.02. The second-order valence-electron chi connectivity index (χ2n) is 5.98. The van der Waals surface area contributed by atoms with Gasteiger partial charge in [0.05, 0.1) is 28.9 Å². The van der Waals surface area contributed by atoms with Crippen molar-refractivity contribution in [3.63, 3.8) is 0 Å². The summed E-state index contributed by atoms with van der Waals surface area (Å²) in [7, 11) is 0. The van der Waals surface area contributed by atoms with Crippen molar-refractivity contribution in [2.45, 2.75) is 12.1 Å². The van der Waals surface area contributed by atoms with Gasteiger partial charge in [0.15, 0.2) is 5.16 Å². The molecular weight excluding hydrogens is 448 g/mol. The first-order valence-electron chi connectivity index (χ1n) is 8.32. The van der Waals surface area contributed by atoms with E-state index in [4.69, 9.17) is 16.6 Å². The predicted molar refractivity (Wildman–Crippen MR) is 118 cm³/mol. The fourth-order valence-electron chi connectivity index (χ4n) is 2.94. The van der Waals surface area contributed by atoms with Gasteiger partial charge in [-0.3, -0.25) is 14.4 Å². The molecule has 4 rings (SSSR count). The molecule has 2 heterocycles. The summed E-state index contributed by atoms with van der Waals surface area (Å²) in [6.07, 6.45) is 0. The Balaban J connectivity index is 0.00000210. The van der Waals surface area contributed by atoms with E-state index >= 15 is 0 Å². The SMILES string of the molecule is Br.Cc1c(Cl)cccc1-n1c(SCC2=NCCN2)nc2ccccc2c1=O. The highest BCUT2D eigenvalue weighted by molar-refractivity contribution is 8.93. The normalized spacial score (nSPS) is 13.2. The zero-order valence-electron chi connectivity index (χ0n) is 14.6. The summed E-state index contributed by atoms with van der Waals surface area (Å²) in [5.74, 6) is 1.58. The van der Waals surface area contributed by atoms with E-state index in [9.17, 15) is 4.79 Å². The van der Waals surface area contributed by atoms with Gasteiger partial charge in [0.1, 0.15) is 5.84 Å². The number of fused-ring (bicyclic) bond motifs is 1. The van der Waals surface area contributed by atoms with Gasteiger partial charge in [-0.25, -0.2) is 4.98 Å². The van der Waals surface area contributed by atoms with Crippen molar-refractivity contribution < 1.29 is 0 Å². The Morgan fingerprint density at radius 3 is 2.81 bits per heavy atom. The molecule has 1 N–H and O–H groups in total. The third-order valence-electron chi connectivity index (χ3n) is 4.31. The number of nitrogens with zero attached hydrogens (tertiary/aromatic N) is 3. The molecule has 1 aliphatic heterocycles. The van der Waals surface area contributed by atoms with Gasteiger partial charge in [-0.1, -0.05) is 41.6 Å². The summed E-state index contributed by atoms with van der Waals surface area (Å²) in [6, 6.07) is 13.0. The van der Waals surface area contributed by atoms with Crippen molar-refractivity contribution in [1.29, 1.82) is 0 Å². The van der Waals surface area contributed by atoms with Gasteiger partial charge in [-0.15, -0.1) is 17.0 Å². The van der Waals surface area contributed by atoms with E-state index in [0.29, 0.717) is 26.8 Å². The zero-order valence-corrected chi connectivity index (χ0v) is 17.9. The van der Waals surface area contributed by atoms with E-state index < -0.39 is 0 Å². The number of nitrogens with one attached hydrogen (secondary N) is 1. The summed E-state index contributed by atoms with van der Waals surface area (Å²) in [6.45, 7) is 3.57. The molecule has 0 saturated heterocycles. The molecule has 3 aromatic rings. The van der Waals surface area contributed by atoms with Gasteiger partial charge >= 0.3 is 0 Å². The standard InChI is InChI=1S/C19H17ClN4OS.BrH/c1-12-14(20)6-4-8-16(12)24-18(25)13-5-2-3-7-15(13)23-19(24)26-11-17-21-9-10-22-17;/h2-8H,9-11H2,1H3,(H,21,22);1H. The van der Waals surface area contributed by atoms with Crippen LogP contribution in [-0.2, 0) is 0 Å².